The Bertz CT molecular complexity index is 342. The molecule has 0 aromatic heterocycles. The number of ether oxygens (including phenoxy) is 1. The van der Waals surface area contributed by atoms with Crippen LogP contribution in [-0.2, 0) is 9.53 Å². The van der Waals surface area contributed by atoms with E-state index in [0.29, 0.717) is 13.0 Å². The zero-order valence-corrected chi connectivity index (χ0v) is 11.3. The molecule has 1 saturated heterocycles. The number of hydrogen-bond acceptors (Lipinski definition) is 3. The molecule has 1 heterocycles. The summed E-state index contributed by atoms with van der Waals surface area (Å²) < 4.78 is 5.16. The monoisotopic (exact) mass is 270 g/mol. The van der Waals surface area contributed by atoms with Crippen molar-refractivity contribution in [3.63, 3.8) is 0 Å². The van der Waals surface area contributed by atoms with Gasteiger partial charge in [0.15, 0.2) is 0 Å². The van der Waals surface area contributed by atoms with Crippen LogP contribution in [0.3, 0.4) is 0 Å². The van der Waals surface area contributed by atoms with Gasteiger partial charge in [-0.25, -0.2) is 9.59 Å². The van der Waals surface area contributed by atoms with E-state index in [9.17, 15) is 14.7 Å². The van der Waals surface area contributed by atoms with Crippen LogP contribution in [0.15, 0.2) is 0 Å². The predicted molar refractivity (Wildman–Crippen MR) is 68.9 cm³/mol. The molecule has 2 N–H and O–H groups in total. The first kappa shape index (κ1) is 14.1. The molecule has 2 aliphatic rings. The van der Waals surface area contributed by atoms with Crippen LogP contribution < -0.4 is 5.32 Å². The number of carbonyl (C=O) groups excluding carboxylic acids is 1. The zero-order chi connectivity index (χ0) is 13.8. The Kier molecular flexibility index (Phi) is 4.63. The molecule has 6 nitrogen and oxygen atoms in total. The quantitative estimate of drug-likeness (QED) is 0.807. The highest BCUT2D eigenvalue weighted by molar-refractivity contribution is 5.82. The molecule has 1 atom stereocenters. The number of carbonyl (C=O) groups is 2. The Morgan fingerprint density at radius 2 is 2.00 bits per heavy atom. The number of likely N-dealkylation sites (tertiary alicyclic amines) is 1. The molecule has 0 aromatic carbocycles. The molecule has 1 saturated carbocycles. The Labute approximate surface area is 113 Å². The van der Waals surface area contributed by atoms with E-state index in [2.05, 4.69) is 5.32 Å². The van der Waals surface area contributed by atoms with Crippen LogP contribution >= 0.6 is 0 Å². The number of carboxylic acid groups (broad SMARTS) is 1. The number of aliphatic carboxylic acids is 1. The van der Waals surface area contributed by atoms with Gasteiger partial charge in [0.1, 0.15) is 6.04 Å². The lowest BCUT2D eigenvalue weighted by atomic mass is 9.89. The third-order valence-electron chi connectivity index (χ3n) is 4.05. The normalized spacial score (nSPS) is 31.2. The van der Waals surface area contributed by atoms with Gasteiger partial charge in [-0.15, -0.1) is 0 Å². The number of nitrogens with one attached hydrogen (secondary N) is 1. The van der Waals surface area contributed by atoms with Crippen LogP contribution in [0.2, 0.25) is 0 Å². The van der Waals surface area contributed by atoms with Gasteiger partial charge < -0.3 is 20.1 Å². The van der Waals surface area contributed by atoms with Crippen LogP contribution in [0.4, 0.5) is 4.79 Å². The molecule has 2 amide bonds. The van der Waals surface area contributed by atoms with Crippen molar-refractivity contribution in [3.05, 3.63) is 0 Å². The number of urea groups is 1. The van der Waals surface area contributed by atoms with Crippen molar-refractivity contribution in [2.75, 3.05) is 13.7 Å². The average Bonchev–Trinajstić information content (AvgIpc) is 2.58. The molecule has 0 bridgehead atoms. The Morgan fingerprint density at radius 1 is 1.26 bits per heavy atom. The molecule has 1 unspecified atom stereocenters. The van der Waals surface area contributed by atoms with E-state index < -0.39 is 12.0 Å². The molecule has 0 spiro atoms. The Morgan fingerprint density at radius 3 is 2.63 bits per heavy atom. The minimum atomic E-state index is -0.902. The van der Waals surface area contributed by atoms with Crippen molar-refractivity contribution in [2.45, 2.75) is 56.7 Å². The highest BCUT2D eigenvalue weighted by atomic mass is 16.5. The minimum Gasteiger partial charge on any atom is -0.480 e. The van der Waals surface area contributed by atoms with E-state index >= 15 is 0 Å². The Balaban J connectivity index is 1.89. The van der Waals surface area contributed by atoms with Crippen molar-refractivity contribution >= 4 is 12.0 Å². The van der Waals surface area contributed by atoms with Crippen molar-refractivity contribution in [2.24, 2.45) is 0 Å². The summed E-state index contributed by atoms with van der Waals surface area (Å²) in [6, 6.07) is -0.801. The molecular formula is C13H22N2O4. The van der Waals surface area contributed by atoms with Gasteiger partial charge >= 0.3 is 12.0 Å². The lowest BCUT2D eigenvalue weighted by molar-refractivity contribution is -0.142. The number of amides is 2. The molecule has 108 valence electrons. The van der Waals surface area contributed by atoms with E-state index in [1.807, 2.05) is 0 Å². The van der Waals surface area contributed by atoms with Gasteiger partial charge in [0.25, 0.3) is 0 Å². The topological polar surface area (TPSA) is 78.9 Å². The third kappa shape index (κ3) is 3.37. The summed E-state index contributed by atoms with van der Waals surface area (Å²) in [6.07, 6.45) is 5.14. The predicted octanol–water partition coefficient (Wildman–Crippen LogP) is 1.20. The fraction of sp³-hybridized carbons (Fsp3) is 0.846. The molecule has 6 heteroatoms. The first-order valence-corrected chi connectivity index (χ1v) is 6.94. The van der Waals surface area contributed by atoms with Gasteiger partial charge in [0.2, 0.25) is 0 Å². The first-order chi connectivity index (χ1) is 9.11. The van der Waals surface area contributed by atoms with Gasteiger partial charge in [-0.3, -0.25) is 0 Å². The molecule has 2 rings (SSSR count). The molecule has 1 aliphatic carbocycles. The maximum atomic E-state index is 12.2. The summed E-state index contributed by atoms with van der Waals surface area (Å²) in [7, 11) is 1.66. The highest BCUT2D eigenvalue weighted by Gasteiger charge is 2.35. The SMILES string of the molecule is COC1CC(NC(=O)N2CCCCCC2C(=O)O)C1. The number of rotatable bonds is 3. The standard InChI is InChI=1S/C13H22N2O4/c1-19-10-7-9(8-10)14-13(18)15-6-4-2-3-5-11(15)12(16)17/h9-11H,2-8H2,1H3,(H,14,18)(H,16,17). The van der Waals surface area contributed by atoms with Crippen LogP contribution in [-0.4, -0.2) is 53.8 Å². The van der Waals surface area contributed by atoms with Gasteiger partial charge in [-0.2, -0.15) is 0 Å². The zero-order valence-electron chi connectivity index (χ0n) is 11.3. The van der Waals surface area contributed by atoms with Crippen molar-refractivity contribution in [1.29, 1.82) is 0 Å². The summed E-state index contributed by atoms with van der Waals surface area (Å²) in [6.45, 7) is 0.531. The fourth-order valence-corrected chi connectivity index (χ4v) is 2.74. The van der Waals surface area contributed by atoms with E-state index in [1.54, 1.807) is 7.11 Å². The summed E-state index contributed by atoms with van der Waals surface area (Å²) in [4.78, 5) is 24.9. The van der Waals surface area contributed by atoms with E-state index in [1.165, 1.54) is 4.90 Å². The average molecular weight is 270 g/mol. The first-order valence-electron chi connectivity index (χ1n) is 6.94. The largest absolute Gasteiger partial charge is 0.480 e. The van der Waals surface area contributed by atoms with Crippen LogP contribution in [0.1, 0.15) is 38.5 Å². The van der Waals surface area contributed by atoms with Gasteiger partial charge in [0.05, 0.1) is 6.10 Å². The molecule has 2 fully saturated rings. The lowest BCUT2D eigenvalue weighted by Crippen LogP contribution is -2.55. The summed E-state index contributed by atoms with van der Waals surface area (Å²) in [5.74, 6) is -0.902. The van der Waals surface area contributed by atoms with E-state index in [4.69, 9.17) is 4.74 Å². The van der Waals surface area contributed by atoms with Gasteiger partial charge in [-0.05, 0) is 25.7 Å². The summed E-state index contributed by atoms with van der Waals surface area (Å²) in [5.41, 5.74) is 0. The van der Waals surface area contributed by atoms with Gasteiger partial charge in [-0.1, -0.05) is 12.8 Å². The van der Waals surface area contributed by atoms with E-state index in [0.717, 1.165) is 32.1 Å². The smallest absolute Gasteiger partial charge is 0.326 e. The molecular weight excluding hydrogens is 248 g/mol. The third-order valence-corrected chi connectivity index (χ3v) is 4.05. The Hall–Kier alpha value is -1.30. The van der Waals surface area contributed by atoms with Crippen LogP contribution in [0, 0.1) is 0 Å². The van der Waals surface area contributed by atoms with Crippen molar-refractivity contribution in [3.8, 4) is 0 Å². The lowest BCUT2D eigenvalue weighted by Gasteiger charge is -2.37. The molecule has 0 radical (unpaired) electrons. The summed E-state index contributed by atoms with van der Waals surface area (Å²) >= 11 is 0. The maximum Gasteiger partial charge on any atom is 0.326 e. The second-order valence-electron chi connectivity index (χ2n) is 5.37. The number of carboxylic acids is 1. The maximum absolute atomic E-state index is 12.2. The number of nitrogens with zero attached hydrogens (tertiary/aromatic N) is 1. The molecule has 19 heavy (non-hydrogen) atoms. The van der Waals surface area contributed by atoms with Gasteiger partial charge in [0, 0.05) is 19.7 Å². The summed E-state index contributed by atoms with van der Waals surface area (Å²) in [5, 5.41) is 12.1. The fourth-order valence-electron chi connectivity index (χ4n) is 2.74. The van der Waals surface area contributed by atoms with Crippen molar-refractivity contribution in [1.82, 2.24) is 10.2 Å². The second-order valence-corrected chi connectivity index (χ2v) is 5.37. The molecule has 0 aromatic rings. The van der Waals surface area contributed by atoms with E-state index in [-0.39, 0.29) is 18.2 Å². The van der Waals surface area contributed by atoms with Crippen LogP contribution in [0.25, 0.3) is 0 Å². The van der Waals surface area contributed by atoms with Crippen LogP contribution in [0.5, 0.6) is 0 Å². The van der Waals surface area contributed by atoms with Crippen molar-refractivity contribution < 1.29 is 19.4 Å². The highest BCUT2D eigenvalue weighted by Crippen LogP contribution is 2.23. The number of methoxy groups -OCH3 is 1. The molecule has 1 aliphatic heterocycles. The number of hydrogen-bond donors (Lipinski definition) is 2. The second kappa shape index (κ2) is 6.23. The minimum absolute atomic E-state index is 0.121.